The number of carboxylic acids is 1. The Kier molecular flexibility index (Phi) is 12.1. The molecule has 2 N–H and O–H groups in total. The predicted molar refractivity (Wildman–Crippen MR) is 86.6 cm³/mol. The summed E-state index contributed by atoms with van der Waals surface area (Å²) in [4.78, 5) is 10.1. The molecule has 0 saturated carbocycles. The number of aliphatic hydroxyl groups is 1. The molecule has 0 bridgehead atoms. The van der Waals surface area contributed by atoms with E-state index in [1.54, 1.807) is 18.9 Å². The lowest BCUT2D eigenvalue weighted by Gasteiger charge is -2.21. The zero-order chi connectivity index (χ0) is 16.1. The number of methoxy groups -OCH3 is 1. The van der Waals surface area contributed by atoms with Crippen molar-refractivity contribution < 1.29 is 19.7 Å². The zero-order valence-corrected chi connectivity index (χ0v) is 13.8. The van der Waals surface area contributed by atoms with E-state index in [0.29, 0.717) is 0 Å². The van der Waals surface area contributed by atoms with E-state index in [9.17, 15) is 5.11 Å². The van der Waals surface area contributed by atoms with Crippen LogP contribution in [0.15, 0.2) is 35.2 Å². The normalized spacial score (nSPS) is 13.0. The third kappa shape index (κ3) is 11.3. The van der Waals surface area contributed by atoms with Gasteiger partial charge in [0, 0.05) is 18.9 Å². The highest BCUT2D eigenvalue weighted by Crippen LogP contribution is 2.27. The monoisotopic (exact) mass is 314 g/mol. The maximum atomic E-state index is 10.1. The average molecular weight is 314 g/mol. The van der Waals surface area contributed by atoms with E-state index < -0.39 is 12.1 Å². The summed E-state index contributed by atoms with van der Waals surface area (Å²) in [5, 5.41) is 17.5. The SMILES string of the molecule is CC(=O)O.CCCCCC(O)C(OC)Sc1ccccc1. The van der Waals surface area contributed by atoms with Crippen LogP contribution in [0.2, 0.25) is 0 Å². The second-order valence-electron chi connectivity index (χ2n) is 4.62. The fraction of sp³-hybridized carbons (Fsp3) is 0.562. The lowest BCUT2D eigenvalue weighted by Crippen LogP contribution is -2.24. The summed E-state index contributed by atoms with van der Waals surface area (Å²) in [5.74, 6) is -0.833. The van der Waals surface area contributed by atoms with E-state index in [4.69, 9.17) is 14.6 Å². The molecule has 5 heteroatoms. The Morgan fingerprint density at radius 2 is 1.86 bits per heavy atom. The minimum absolute atomic E-state index is 0.172. The van der Waals surface area contributed by atoms with Gasteiger partial charge in [-0.05, 0) is 18.6 Å². The number of hydrogen-bond donors (Lipinski definition) is 2. The summed E-state index contributed by atoms with van der Waals surface area (Å²) < 4.78 is 5.36. The number of carboxylic acid groups (broad SMARTS) is 1. The maximum Gasteiger partial charge on any atom is 0.300 e. The number of aliphatic carboxylic acids is 1. The number of benzene rings is 1. The van der Waals surface area contributed by atoms with E-state index in [0.717, 1.165) is 24.7 Å². The van der Waals surface area contributed by atoms with Crippen molar-refractivity contribution in [3.8, 4) is 0 Å². The van der Waals surface area contributed by atoms with Gasteiger partial charge in [0.15, 0.2) is 0 Å². The van der Waals surface area contributed by atoms with Crippen LogP contribution in [0.25, 0.3) is 0 Å². The first-order valence-electron chi connectivity index (χ1n) is 7.13. The molecule has 0 heterocycles. The van der Waals surface area contributed by atoms with Gasteiger partial charge >= 0.3 is 0 Å². The average Bonchev–Trinajstić information content (AvgIpc) is 2.45. The topological polar surface area (TPSA) is 66.8 Å². The van der Waals surface area contributed by atoms with Crippen molar-refractivity contribution in [1.29, 1.82) is 0 Å². The van der Waals surface area contributed by atoms with Gasteiger partial charge in [0.1, 0.15) is 5.44 Å². The molecule has 2 unspecified atom stereocenters. The van der Waals surface area contributed by atoms with Crippen LogP contribution in [0.4, 0.5) is 0 Å². The third-order valence-electron chi connectivity index (χ3n) is 2.65. The van der Waals surface area contributed by atoms with Gasteiger partial charge in [0.25, 0.3) is 5.97 Å². The standard InChI is InChI=1S/C14H22O2S.C2H4O2/c1-3-4-6-11-13(15)14(16-2)17-12-9-7-5-8-10-12;1-2(3)4/h5,7-10,13-15H,3-4,6,11H2,1-2H3;1H3,(H,3,4). The first-order valence-corrected chi connectivity index (χ1v) is 8.01. The fourth-order valence-corrected chi connectivity index (χ4v) is 2.63. The molecule has 0 radical (unpaired) electrons. The third-order valence-corrected chi connectivity index (χ3v) is 3.93. The van der Waals surface area contributed by atoms with Gasteiger partial charge < -0.3 is 14.9 Å². The number of ether oxygens (including phenoxy) is 1. The predicted octanol–water partition coefficient (Wildman–Crippen LogP) is 3.78. The molecule has 0 aromatic heterocycles. The molecule has 0 aliphatic carbocycles. The van der Waals surface area contributed by atoms with Crippen molar-refractivity contribution in [2.24, 2.45) is 0 Å². The summed E-state index contributed by atoms with van der Waals surface area (Å²) in [6, 6.07) is 10.1. The lowest BCUT2D eigenvalue weighted by atomic mass is 10.1. The molecule has 1 aromatic carbocycles. The molecule has 0 saturated heterocycles. The molecule has 4 nitrogen and oxygen atoms in total. The van der Waals surface area contributed by atoms with E-state index in [1.807, 2.05) is 30.3 Å². The van der Waals surface area contributed by atoms with Crippen molar-refractivity contribution >= 4 is 17.7 Å². The number of thioether (sulfide) groups is 1. The summed E-state index contributed by atoms with van der Waals surface area (Å²) in [7, 11) is 1.66. The Morgan fingerprint density at radius 3 is 2.33 bits per heavy atom. The van der Waals surface area contributed by atoms with Gasteiger partial charge in [0.2, 0.25) is 0 Å². The number of aliphatic hydroxyl groups excluding tert-OH is 1. The molecular weight excluding hydrogens is 288 g/mol. The smallest absolute Gasteiger partial charge is 0.300 e. The number of carbonyl (C=O) groups is 1. The molecule has 0 aliphatic heterocycles. The molecule has 1 rings (SSSR count). The van der Waals surface area contributed by atoms with E-state index in [1.165, 1.54) is 12.8 Å². The minimum Gasteiger partial charge on any atom is -0.481 e. The highest BCUT2D eigenvalue weighted by atomic mass is 32.2. The minimum atomic E-state index is -0.833. The lowest BCUT2D eigenvalue weighted by molar-refractivity contribution is -0.134. The van der Waals surface area contributed by atoms with Crippen LogP contribution in [-0.2, 0) is 9.53 Å². The Balaban J connectivity index is 0.000000885. The van der Waals surface area contributed by atoms with Gasteiger partial charge in [0.05, 0.1) is 6.10 Å². The van der Waals surface area contributed by atoms with Crippen LogP contribution in [0, 0.1) is 0 Å². The van der Waals surface area contributed by atoms with Crippen LogP contribution in [0.3, 0.4) is 0 Å². The van der Waals surface area contributed by atoms with Crippen LogP contribution in [-0.4, -0.2) is 34.8 Å². The van der Waals surface area contributed by atoms with Crippen LogP contribution in [0.5, 0.6) is 0 Å². The summed E-state index contributed by atoms with van der Waals surface area (Å²) in [6.45, 7) is 3.25. The van der Waals surface area contributed by atoms with E-state index in [2.05, 4.69) is 6.92 Å². The van der Waals surface area contributed by atoms with Gasteiger partial charge in [-0.2, -0.15) is 0 Å². The second-order valence-corrected chi connectivity index (χ2v) is 5.79. The molecule has 2 atom stereocenters. The molecule has 0 amide bonds. The van der Waals surface area contributed by atoms with E-state index >= 15 is 0 Å². The van der Waals surface area contributed by atoms with E-state index in [-0.39, 0.29) is 5.44 Å². The Bertz CT molecular complexity index is 366. The Labute approximate surface area is 131 Å². The molecule has 0 spiro atoms. The summed E-state index contributed by atoms with van der Waals surface area (Å²) in [5.41, 5.74) is -0.172. The summed E-state index contributed by atoms with van der Waals surface area (Å²) in [6.07, 6.45) is 3.83. The first-order chi connectivity index (χ1) is 10.0. The number of hydrogen-bond acceptors (Lipinski definition) is 4. The van der Waals surface area contributed by atoms with Gasteiger partial charge in [-0.15, -0.1) is 0 Å². The molecular formula is C16H26O4S. The van der Waals surface area contributed by atoms with Gasteiger partial charge in [-0.25, -0.2) is 0 Å². The van der Waals surface area contributed by atoms with Crippen LogP contribution < -0.4 is 0 Å². The van der Waals surface area contributed by atoms with Crippen LogP contribution >= 0.6 is 11.8 Å². The van der Waals surface area contributed by atoms with Crippen LogP contribution in [0.1, 0.15) is 39.5 Å². The molecule has 21 heavy (non-hydrogen) atoms. The van der Waals surface area contributed by atoms with Crippen molar-refractivity contribution in [3.05, 3.63) is 30.3 Å². The Morgan fingerprint density at radius 1 is 1.29 bits per heavy atom. The number of rotatable bonds is 8. The summed E-state index contributed by atoms with van der Waals surface area (Å²) >= 11 is 1.58. The molecule has 0 aliphatic rings. The number of unbranched alkanes of at least 4 members (excludes halogenated alkanes) is 2. The fourth-order valence-electron chi connectivity index (χ4n) is 1.66. The maximum absolute atomic E-state index is 10.1. The van der Waals surface area contributed by atoms with Crippen molar-refractivity contribution in [2.75, 3.05) is 7.11 Å². The molecule has 1 aromatic rings. The van der Waals surface area contributed by atoms with Crippen molar-refractivity contribution in [1.82, 2.24) is 0 Å². The Hall–Kier alpha value is -1.04. The zero-order valence-electron chi connectivity index (χ0n) is 13.0. The highest BCUT2D eigenvalue weighted by molar-refractivity contribution is 7.99. The molecule has 120 valence electrons. The molecule has 0 fully saturated rings. The quantitative estimate of drug-likeness (QED) is 0.434. The highest BCUT2D eigenvalue weighted by Gasteiger charge is 2.19. The van der Waals surface area contributed by atoms with Gasteiger partial charge in [-0.1, -0.05) is 56.1 Å². The second kappa shape index (κ2) is 12.7. The van der Waals surface area contributed by atoms with Crippen molar-refractivity contribution in [3.63, 3.8) is 0 Å². The van der Waals surface area contributed by atoms with Gasteiger partial charge in [-0.3, -0.25) is 4.79 Å². The largest absolute Gasteiger partial charge is 0.481 e. The first kappa shape index (κ1) is 20.0. The van der Waals surface area contributed by atoms with Crippen molar-refractivity contribution in [2.45, 2.75) is 56.0 Å².